The molecular weight excluding hydrogens is 358 g/mol. The largest absolute Gasteiger partial charge is 0.391 e. The Morgan fingerprint density at radius 1 is 1.04 bits per heavy atom. The molecule has 0 N–H and O–H groups in total. The Kier molecular flexibility index (Phi) is 4.31. The summed E-state index contributed by atoms with van der Waals surface area (Å²) in [6.45, 7) is 4.22. The lowest BCUT2D eigenvalue weighted by Gasteiger charge is -2.29. The second-order valence-corrected chi connectivity index (χ2v) is 8.69. The van der Waals surface area contributed by atoms with Gasteiger partial charge in [0.25, 0.3) is 0 Å². The summed E-state index contributed by atoms with van der Waals surface area (Å²) in [5.74, 6) is -0.0349. The number of fused-ring (bicyclic) bond motifs is 3. The van der Waals surface area contributed by atoms with Crippen LogP contribution in [0.4, 0.5) is 17.6 Å². The van der Waals surface area contributed by atoms with Gasteiger partial charge in [0, 0.05) is 12.3 Å². The number of benzene rings is 1. The molecule has 0 atom stereocenters. The molecule has 0 unspecified atom stereocenters. The molecule has 0 radical (unpaired) electrons. The third-order valence-electron chi connectivity index (χ3n) is 5.90. The van der Waals surface area contributed by atoms with Gasteiger partial charge in [0.2, 0.25) is 0 Å². The fourth-order valence-corrected chi connectivity index (χ4v) is 4.57. The summed E-state index contributed by atoms with van der Waals surface area (Å²) in [6.07, 6.45) is -1.58. The van der Waals surface area contributed by atoms with E-state index in [2.05, 4.69) is 24.0 Å². The number of nitrogens with zero attached hydrogens (tertiary/aromatic N) is 3. The standard InChI is InChI=1S/C20H23F4N3/c1-19(2)10-13-9-15(21)7-8-16(13)27-17(11-19)25-26-18(27)12-3-5-14(6-4-12)20(22,23)24/h7-9,12,14H,3-6,10-11H2,1-2H3. The van der Waals surface area contributed by atoms with Crippen molar-refractivity contribution in [3.05, 3.63) is 41.2 Å². The number of rotatable bonds is 1. The van der Waals surface area contributed by atoms with Crippen LogP contribution in [0.25, 0.3) is 5.69 Å². The van der Waals surface area contributed by atoms with Gasteiger partial charge in [0.15, 0.2) is 0 Å². The second-order valence-electron chi connectivity index (χ2n) is 8.69. The summed E-state index contributed by atoms with van der Waals surface area (Å²) >= 11 is 0. The summed E-state index contributed by atoms with van der Waals surface area (Å²) in [4.78, 5) is 0. The van der Waals surface area contributed by atoms with Crippen LogP contribution >= 0.6 is 0 Å². The minimum Gasteiger partial charge on any atom is -0.282 e. The van der Waals surface area contributed by atoms with Crippen LogP contribution in [-0.2, 0) is 12.8 Å². The quantitative estimate of drug-likeness (QED) is 0.622. The lowest BCUT2D eigenvalue weighted by Crippen LogP contribution is -2.28. The Morgan fingerprint density at radius 2 is 1.74 bits per heavy atom. The van der Waals surface area contributed by atoms with E-state index in [9.17, 15) is 17.6 Å². The van der Waals surface area contributed by atoms with E-state index in [1.54, 1.807) is 12.1 Å². The molecule has 0 amide bonds. The Balaban J connectivity index is 1.72. The maximum atomic E-state index is 13.8. The minimum absolute atomic E-state index is 0.0519. The van der Waals surface area contributed by atoms with Crippen molar-refractivity contribution in [3.63, 3.8) is 0 Å². The molecule has 0 saturated heterocycles. The van der Waals surface area contributed by atoms with Crippen LogP contribution in [0.3, 0.4) is 0 Å². The van der Waals surface area contributed by atoms with Gasteiger partial charge in [-0.25, -0.2) is 4.39 Å². The monoisotopic (exact) mass is 381 g/mol. The van der Waals surface area contributed by atoms with Gasteiger partial charge in [-0.15, -0.1) is 10.2 Å². The minimum atomic E-state index is -4.12. The molecule has 7 heteroatoms. The molecule has 2 aromatic rings. The Labute approximate surface area is 155 Å². The molecule has 1 aliphatic heterocycles. The zero-order valence-electron chi connectivity index (χ0n) is 15.5. The summed E-state index contributed by atoms with van der Waals surface area (Å²) in [5.41, 5.74) is 1.65. The van der Waals surface area contributed by atoms with E-state index >= 15 is 0 Å². The van der Waals surface area contributed by atoms with Gasteiger partial charge in [0.05, 0.1) is 11.6 Å². The van der Waals surface area contributed by atoms with Gasteiger partial charge >= 0.3 is 6.18 Å². The van der Waals surface area contributed by atoms with Crippen LogP contribution in [0.15, 0.2) is 18.2 Å². The van der Waals surface area contributed by atoms with Crippen LogP contribution in [-0.4, -0.2) is 20.9 Å². The van der Waals surface area contributed by atoms with Crippen molar-refractivity contribution >= 4 is 0 Å². The highest BCUT2D eigenvalue weighted by Crippen LogP contribution is 2.44. The van der Waals surface area contributed by atoms with Gasteiger partial charge in [-0.2, -0.15) is 13.2 Å². The number of halogens is 4. The second kappa shape index (κ2) is 6.31. The first-order valence-electron chi connectivity index (χ1n) is 9.44. The van der Waals surface area contributed by atoms with Gasteiger partial charge in [-0.05, 0) is 61.3 Å². The zero-order valence-corrected chi connectivity index (χ0v) is 15.5. The maximum Gasteiger partial charge on any atom is 0.391 e. The van der Waals surface area contributed by atoms with Crippen molar-refractivity contribution in [1.29, 1.82) is 0 Å². The molecule has 3 nitrogen and oxygen atoms in total. The van der Waals surface area contributed by atoms with Crippen LogP contribution < -0.4 is 0 Å². The highest BCUT2D eigenvalue weighted by molar-refractivity contribution is 5.45. The smallest absolute Gasteiger partial charge is 0.282 e. The molecule has 1 saturated carbocycles. The molecule has 2 heterocycles. The molecule has 0 spiro atoms. The van der Waals surface area contributed by atoms with Crippen LogP contribution in [0.1, 0.15) is 62.7 Å². The zero-order chi connectivity index (χ0) is 19.4. The molecule has 1 aliphatic carbocycles. The van der Waals surface area contributed by atoms with Crippen molar-refractivity contribution in [2.45, 2.75) is 64.5 Å². The first kappa shape index (κ1) is 18.4. The van der Waals surface area contributed by atoms with Crippen LogP contribution in [0, 0.1) is 17.2 Å². The van der Waals surface area contributed by atoms with Gasteiger partial charge in [-0.3, -0.25) is 4.57 Å². The summed E-state index contributed by atoms with van der Waals surface area (Å²) in [5, 5.41) is 8.75. The SMILES string of the molecule is CC1(C)Cc2cc(F)ccc2-n2c(nnc2C2CCC(C(F)(F)F)CC2)C1. The summed E-state index contributed by atoms with van der Waals surface area (Å²) in [6, 6.07) is 4.71. The molecular formula is C20H23F4N3. The predicted octanol–water partition coefficient (Wildman–Crippen LogP) is 5.37. The van der Waals surface area contributed by atoms with E-state index < -0.39 is 12.1 Å². The first-order chi connectivity index (χ1) is 12.6. The molecule has 1 aromatic heterocycles. The fourth-order valence-electron chi connectivity index (χ4n) is 4.57. The van der Waals surface area contributed by atoms with E-state index in [0.717, 1.165) is 22.9 Å². The molecule has 2 aliphatic rings. The van der Waals surface area contributed by atoms with Crippen LogP contribution in [0.2, 0.25) is 0 Å². The highest BCUT2D eigenvalue weighted by Gasteiger charge is 2.42. The third kappa shape index (κ3) is 3.48. The highest BCUT2D eigenvalue weighted by atomic mass is 19.4. The average Bonchev–Trinajstić information content (AvgIpc) is 2.92. The predicted molar refractivity (Wildman–Crippen MR) is 93.3 cm³/mol. The molecule has 1 fully saturated rings. The lowest BCUT2D eigenvalue weighted by molar-refractivity contribution is -0.182. The van der Waals surface area contributed by atoms with E-state index in [1.807, 2.05) is 4.57 Å². The van der Waals surface area contributed by atoms with E-state index in [4.69, 9.17) is 0 Å². The Hall–Kier alpha value is -1.92. The van der Waals surface area contributed by atoms with Gasteiger partial charge in [0.1, 0.15) is 17.5 Å². The molecule has 4 rings (SSSR count). The first-order valence-corrected chi connectivity index (χ1v) is 9.44. The summed E-state index contributed by atoms with van der Waals surface area (Å²) in [7, 11) is 0. The van der Waals surface area contributed by atoms with Crippen molar-refractivity contribution in [2.75, 3.05) is 0 Å². The number of hydrogen-bond acceptors (Lipinski definition) is 2. The normalized spacial score (nSPS) is 24.8. The third-order valence-corrected chi connectivity index (χ3v) is 5.90. The molecule has 0 bridgehead atoms. The number of hydrogen-bond donors (Lipinski definition) is 0. The Bertz CT molecular complexity index is 845. The van der Waals surface area contributed by atoms with Gasteiger partial charge in [-0.1, -0.05) is 13.8 Å². The maximum absolute atomic E-state index is 13.8. The van der Waals surface area contributed by atoms with Crippen molar-refractivity contribution < 1.29 is 17.6 Å². The van der Waals surface area contributed by atoms with Crippen LogP contribution in [0.5, 0.6) is 0 Å². The number of alkyl halides is 3. The lowest BCUT2D eigenvalue weighted by atomic mass is 9.81. The fraction of sp³-hybridized carbons (Fsp3) is 0.600. The topological polar surface area (TPSA) is 30.7 Å². The average molecular weight is 381 g/mol. The van der Waals surface area contributed by atoms with E-state index in [-0.39, 0.29) is 30.0 Å². The van der Waals surface area contributed by atoms with Crippen molar-refractivity contribution in [1.82, 2.24) is 14.8 Å². The molecule has 146 valence electrons. The van der Waals surface area contributed by atoms with E-state index in [0.29, 0.717) is 25.7 Å². The molecule has 27 heavy (non-hydrogen) atoms. The van der Waals surface area contributed by atoms with Crippen molar-refractivity contribution in [2.24, 2.45) is 11.3 Å². The van der Waals surface area contributed by atoms with E-state index in [1.165, 1.54) is 6.07 Å². The summed E-state index contributed by atoms with van der Waals surface area (Å²) < 4.78 is 54.8. The Morgan fingerprint density at radius 3 is 2.41 bits per heavy atom. The number of aromatic nitrogens is 3. The van der Waals surface area contributed by atoms with Gasteiger partial charge < -0.3 is 0 Å². The van der Waals surface area contributed by atoms with Crippen molar-refractivity contribution in [3.8, 4) is 5.69 Å². The molecule has 1 aromatic carbocycles.